The molecule has 1 amide bonds. The fraction of sp³-hybridized carbons (Fsp3) is 0.765. The predicted molar refractivity (Wildman–Crippen MR) is 93.7 cm³/mol. The third-order valence-electron chi connectivity index (χ3n) is 4.99. The summed E-state index contributed by atoms with van der Waals surface area (Å²) in [5.74, 6) is 0.501. The zero-order valence-corrected chi connectivity index (χ0v) is 15.3. The molecule has 1 fully saturated rings. The van der Waals surface area contributed by atoms with Gasteiger partial charge in [-0.1, -0.05) is 0 Å². The molecular weight excluding hydrogens is 306 g/mol. The standard InChI is InChI=1S/C17H31N5O2/c1-12-15(13(2)20-19-12)16(18)17(23)21(3)11-14-5-7-22(8-6-14)9-10-24-4/h14,16H,5-11,18H2,1-4H3,(H,19,20)/t16-/m1/s1. The molecule has 0 saturated carbocycles. The lowest BCUT2D eigenvalue weighted by atomic mass is 9.95. The van der Waals surface area contributed by atoms with Crippen LogP contribution < -0.4 is 5.73 Å². The van der Waals surface area contributed by atoms with Crippen molar-refractivity contribution in [3.8, 4) is 0 Å². The molecule has 0 unspecified atom stereocenters. The molecule has 1 atom stereocenters. The van der Waals surface area contributed by atoms with E-state index in [2.05, 4.69) is 15.1 Å². The molecular formula is C17H31N5O2. The van der Waals surface area contributed by atoms with Crippen LogP contribution in [-0.4, -0.2) is 72.8 Å². The number of amides is 1. The number of hydrogen-bond acceptors (Lipinski definition) is 5. The molecule has 136 valence electrons. The number of likely N-dealkylation sites (tertiary alicyclic amines) is 1. The van der Waals surface area contributed by atoms with Crippen molar-refractivity contribution < 1.29 is 9.53 Å². The molecule has 3 N–H and O–H groups in total. The monoisotopic (exact) mass is 337 g/mol. The number of hydrogen-bond donors (Lipinski definition) is 2. The highest BCUT2D eigenvalue weighted by Gasteiger charge is 2.27. The quantitative estimate of drug-likeness (QED) is 0.770. The van der Waals surface area contributed by atoms with Gasteiger partial charge in [-0.3, -0.25) is 9.89 Å². The summed E-state index contributed by atoms with van der Waals surface area (Å²) in [4.78, 5) is 16.9. The van der Waals surface area contributed by atoms with Gasteiger partial charge in [0.2, 0.25) is 5.91 Å². The first kappa shape index (κ1) is 18.9. The van der Waals surface area contributed by atoms with Gasteiger partial charge < -0.3 is 20.3 Å². The normalized spacial score (nSPS) is 17.9. The van der Waals surface area contributed by atoms with E-state index in [1.165, 1.54) is 0 Å². The van der Waals surface area contributed by atoms with E-state index in [1.54, 1.807) is 12.0 Å². The highest BCUT2D eigenvalue weighted by molar-refractivity contribution is 5.83. The van der Waals surface area contributed by atoms with E-state index in [4.69, 9.17) is 10.5 Å². The van der Waals surface area contributed by atoms with Gasteiger partial charge in [0.25, 0.3) is 0 Å². The van der Waals surface area contributed by atoms with Gasteiger partial charge in [-0.2, -0.15) is 5.10 Å². The molecule has 0 spiro atoms. The van der Waals surface area contributed by atoms with Crippen LogP contribution in [0.5, 0.6) is 0 Å². The van der Waals surface area contributed by atoms with Crippen molar-refractivity contribution in [2.24, 2.45) is 11.7 Å². The number of aromatic amines is 1. The Morgan fingerprint density at radius 1 is 1.46 bits per heavy atom. The number of nitrogens with one attached hydrogen (secondary N) is 1. The number of methoxy groups -OCH3 is 1. The minimum atomic E-state index is -0.643. The molecule has 24 heavy (non-hydrogen) atoms. The molecule has 1 saturated heterocycles. The number of piperidine rings is 1. The van der Waals surface area contributed by atoms with Crippen molar-refractivity contribution in [2.45, 2.75) is 32.7 Å². The Hall–Kier alpha value is -1.44. The van der Waals surface area contributed by atoms with Crippen LogP contribution in [0, 0.1) is 19.8 Å². The molecule has 0 aromatic carbocycles. The minimum Gasteiger partial charge on any atom is -0.383 e. The maximum Gasteiger partial charge on any atom is 0.243 e. The van der Waals surface area contributed by atoms with Gasteiger partial charge in [0, 0.05) is 38.5 Å². The van der Waals surface area contributed by atoms with E-state index in [0.29, 0.717) is 5.92 Å². The van der Waals surface area contributed by atoms with Crippen molar-refractivity contribution in [2.75, 3.05) is 46.9 Å². The van der Waals surface area contributed by atoms with E-state index in [0.717, 1.165) is 62.6 Å². The van der Waals surface area contributed by atoms with Gasteiger partial charge in [-0.15, -0.1) is 0 Å². The average Bonchev–Trinajstić information content (AvgIpc) is 2.91. The Balaban J connectivity index is 1.84. The lowest BCUT2D eigenvalue weighted by Crippen LogP contribution is -2.42. The van der Waals surface area contributed by atoms with Crippen LogP contribution in [0.3, 0.4) is 0 Å². The summed E-state index contributed by atoms with van der Waals surface area (Å²) in [5.41, 5.74) is 8.68. The van der Waals surface area contributed by atoms with E-state index < -0.39 is 6.04 Å². The third-order valence-corrected chi connectivity index (χ3v) is 4.99. The Bertz CT molecular complexity index is 518. The summed E-state index contributed by atoms with van der Waals surface area (Å²) in [7, 11) is 3.59. The summed E-state index contributed by atoms with van der Waals surface area (Å²) >= 11 is 0. The first-order chi connectivity index (χ1) is 11.4. The summed E-state index contributed by atoms with van der Waals surface area (Å²) in [6, 6.07) is -0.643. The highest BCUT2D eigenvalue weighted by Crippen LogP contribution is 2.22. The topological polar surface area (TPSA) is 87.5 Å². The predicted octanol–water partition coefficient (Wildman–Crippen LogP) is 0.843. The Morgan fingerprint density at radius 2 is 2.12 bits per heavy atom. The number of nitrogens with zero attached hydrogens (tertiary/aromatic N) is 3. The Morgan fingerprint density at radius 3 is 2.67 bits per heavy atom. The van der Waals surface area contributed by atoms with Crippen molar-refractivity contribution in [1.29, 1.82) is 0 Å². The molecule has 1 aliphatic heterocycles. The molecule has 0 bridgehead atoms. The van der Waals surface area contributed by atoms with Crippen LogP contribution in [-0.2, 0) is 9.53 Å². The number of aromatic nitrogens is 2. The van der Waals surface area contributed by atoms with Crippen molar-refractivity contribution in [3.05, 3.63) is 17.0 Å². The number of likely N-dealkylation sites (N-methyl/N-ethyl adjacent to an activating group) is 1. The minimum absolute atomic E-state index is 0.0376. The van der Waals surface area contributed by atoms with Crippen LogP contribution in [0.4, 0.5) is 0 Å². The zero-order chi connectivity index (χ0) is 17.7. The maximum absolute atomic E-state index is 12.7. The van der Waals surface area contributed by atoms with Crippen molar-refractivity contribution >= 4 is 5.91 Å². The smallest absolute Gasteiger partial charge is 0.243 e. The van der Waals surface area contributed by atoms with E-state index in [9.17, 15) is 4.79 Å². The van der Waals surface area contributed by atoms with Crippen LogP contribution in [0.15, 0.2) is 0 Å². The Kier molecular flexibility index (Phi) is 6.77. The van der Waals surface area contributed by atoms with Crippen LogP contribution in [0.2, 0.25) is 0 Å². The molecule has 1 aliphatic rings. The van der Waals surface area contributed by atoms with Crippen LogP contribution in [0.1, 0.15) is 35.8 Å². The SMILES string of the molecule is COCCN1CCC(CN(C)C(=O)[C@H](N)c2c(C)n[nH]c2C)CC1. The average molecular weight is 337 g/mol. The molecule has 7 heteroatoms. The second-order valence-electron chi connectivity index (χ2n) is 6.82. The van der Waals surface area contributed by atoms with Gasteiger partial charge >= 0.3 is 0 Å². The third kappa shape index (κ3) is 4.55. The number of carbonyl (C=O) groups excluding carboxylic acids is 1. The molecule has 0 radical (unpaired) electrons. The number of H-pyrrole nitrogens is 1. The van der Waals surface area contributed by atoms with Gasteiger partial charge in [-0.05, 0) is 45.7 Å². The molecule has 7 nitrogen and oxygen atoms in total. The van der Waals surface area contributed by atoms with Crippen LogP contribution in [0.25, 0.3) is 0 Å². The van der Waals surface area contributed by atoms with Gasteiger partial charge in [0.05, 0.1) is 12.3 Å². The molecule has 1 aromatic rings. The number of carbonyl (C=O) groups is 1. The first-order valence-electron chi connectivity index (χ1n) is 8.67. The summed E-state index contributed by atoms with van der Waals surface area (Å²) in [6.07, 6.45) is 2.22. The first-order valence-corrected chi connectivity index (χ1v) is 8.67. The van der Waals surface area contributed by atoms with Crippen LogP contribution >= 0.6 is 0 Å². The molecule has 2 rings (SSSR count). The lowest BCUT2D eigenvalue weighted by Gasteiger charge is -2.34. The fourth-order valence-electron chi connectivity index (χ4n) is 3.47. The number of ether oxygens (including phenoxy) is 1. The number of aryl methyl sites for hydroxylation is 2. The van der Waals surface area contributed by atoms with Crippen molar-refractivity contribution in [3.63, 3.8) is 0 Å². The summed E-state index contributed by atoms with van der Waals surface area (Å²) in [6.45, 7) is 8.45. The maximum atomic E-state index is 12.7. The van der Waals surface area contributed by atoms with E-state index >= 15 is 0 Å². The number of nitrogens with two attached hydrogens (primary N) is 1. The summed E-state index contributed by atoms with van der Waals surface area (Å²) < 4.78 is 5.13. The Labute approximate surface area is 144 Å². The van der Waals surface area contributed by atoms with Gasteiger partial charge in [0.15, 0.2) is 0 Å². The largest absolute Gasteiger partial charge is 0.383 e. The zero-order valence-electron chi connectivity index (χ0n) is 15.3. The van der Waals surface area contributed by atoms with Gasteiger partial charge in [-0.25, -0.2) is 0 Å². The highest BCUT2D eigenvalue weighted by atomic mass is 16.5. The van der Waals surface area contributed by atoms with E-state index in [1.807, 2.05) is 20.9 Å². The fourth-order valence-corrected chi connectivity index (χ4v) is 3.47. The summed E-state index contributed by atoms with van der Waals surface area (Å²) in [5, 5.41) is 7.03. The van der Waals surface area contributed by atoms with Crippen molar-refractivity contribution in [1.82, 2.24) is 20.0 Å². The second kappa shape index (κ2) is 8.60. The second-order valence-corrected chi connectivity index (χ2v) is 6.82. The lowest BCUT2D eigenvalue weighted by molar-refractivity contribution is -0.132. The molecule has 1 aromatic heterocycles. The van der Waals surface area contributed by atoms with Gasteiger partial charge in [0.1, 0.15) is 6.04 Å². The molecule has 2 heterocycles. The number of rotatable bonds is 7. The van der Waals surface area contributed by atoms with E-state index in [-0.39, 0.29) is 5.91 Å². The molecule has 0 aliphatic carbocycles.